The molecule has 164 valence electrons. The van der Waals surface area contributed by atoms with Gasteiger partial charge in [0, 0.05) is 24.1 Å². The average molecular weight is 429 g/mol. The summed E-state index contributed by atoms with van der Waals surface area (Å²) in [6.07, 6.45) is 2.00. The van der Waals surface area contributed by atoms with Crippen LogP contribution >= 0.6 is 0 Å². The minimum Gasteiger partial charge on any atom is -0.481 e. The Morgan fingerprint density at radius 3 is 2.55 bits per heavy atom. The monoisotopic (exact) mass is 429 g/mol. The summed E-state index contributed by atoms with van der Waals surface area (Å²) in [6, 6.07) is 5.37. The number of benzene rings is 1. The fourth-order valence-electron chi connectivity index (χ4n) is 3.61. The molecule has 0 aromatic heterocycles. The van der Waals surface area contributed by atoms with E-state index in [2.05, 4.69) is 20.6 Å². The van der Waals surface area contributed by atoms with Gasteiger partial charge in [-0.2, -0.15) is 0 Å². The van der Waals surface area contributed by atoms with E-state index in [0.717, 1.165) is 5.56 Å². The van der Waals surface area contributed by atoms with Crippen molar-refractivity contribution in [2.45, 2.75) is 37.9 Å². The predicted octanol–water partition coefficient (Wildman–Crippen LogP) is -0.246. The highest BCUT2D eigenvalue weighted by Gasteiger charge is 2.41. The van der Waals surface area contributed by atoms with Crippen molar-refractivity contribution < 1.29 is 29.4 Å². The van der Waals surface area contributed by atoms with Crippen molar-refractivity contribution in [3.63, 3.8) is 0 Å². The molecular formula is C20H23N5O6. The zero-order chi connectivity index (χ0) is 22.5. The minimum atomic E-state index is -1.29. The summed E-state index contributed by atoms with van der Waals surface area (Å²) in [5.74, 6) is -3.59. The van der Waals surface area contributed by atoms with Gasteiger partial charge in [0.15, 0.2) is 12.1 Å². The Bertz CT molecular complexity index is 942. The molecule has 0 saturated carbocycles. The molecule has 3 rings (SSSR count). The molecular weight excluding hydrogens is 406 g/mol. The van der Waals surface area contributed by atoms with E-state index < -0.39 is 30.1 Å². The van der Waals surface area contributed by atoms with E-state index >= 15 is 0 Å². The lowest BCUT2D eigenvalue weighted by molar-refractivity contribution is -0.140. The summed E-state index contributed by atoms with van der Waals surface area (Å²) in [6.45, 7) is 0. The smallest absolute Gasteiger partial charge is 0.326 e. The Balaban J connectivity index is 1.55. The highest BCUT2D eigenvalue weighted by Crippen LogP contribution is 2.30. The SMILES string of the molecule is NC1=NC2N=CC(CCc3ccc(C(=O)N[C@@H](CCC(=O)O)C(=O)O)cc3)C2C(=O)N1. The number of aliphatic imine (C=N–C) groups is 2. The van der Waals surface area contributed by atoms with Crippen molar-refractivity contribution >= 4 is 35.9 Å². The number of carboxylic acid groups (broad SMARTS) is 2. The Labute approximate surface area is 177 Å². The van der Waals surface area contributed by atoms with Crippen LogP contribution in [0.3, 0.4) is 0 Å². The lowest BCUT2D eigenvalue weighted by Crippen LogP contribution is -2.49. The van der Waals surface area contributed by atoms with E-state index in [1.54, 1.807) is 30.5 Å². The molecule has 0 bridgehead atoms. The fourth-order valence-corrected chi connectivity index (χ4v) is 3.61. The molecule has 4 atom stereocenters. The molecule has 31 heavy (non-hydrogen) atoms. The molecule has 0 aliphatic carbocycles. The summed E-state index contributed by atoms with van der Waals surface area (Å²) in [4.78, 5) is 54.7. The van der Waals surface area contributed by atoms with Gasteiger partial charge in [0.25, 0.3) is 5.91 Å². The second-order valence-corrected chi connectivity index (χ2v) is 7.44. The van der Waals surface area contributed by atoms with Crippen LogP contribution in [0.15, 0.2) is 34.3 Å². The van der Waals surface area contributed by atoms with Gasteiger partial charge in [-0.3, -0.25) is 24.7 Å². The zero-order valence-electron chi connectivity index (χ0n) is 16.5. The summed E-state index contributed by atoms with van der Waals surface area (Å²) >= 11 is 0. The van der Waals surface area contributed by atoms with E-state index in [-0.39, 0.29) is 42.1 Å². The number of amides is 2. The molecule has 0 spiro atoms. The van der Waals surface area contributed by atoms with Crippen molar-refractivity contribution in [3.05, 3.63) is 35.4 Å². The second-order valence-electron chi connectivity index (χ2n) is 7.44. The van der Waals surface area contributed by atoms with Gasteiger partial charge in [0.2, 0.25) is 5.91 Å². The molecule has 1 aromatic carbocycles. The van der Waals surface area contributed by atoms with Crippen molar-refractivity contribution in [3.8, 4) is 0 Å². The maximum Gasteiger partial charge on any atom is 0.326 e. The number of rotatable bonds is 9. The summed E-state index contributed by atoms with van der Waals surface area (Å²) in [7, 11) is 0. The van der Waals surface area contributed by atoms with Crippen LogP contribution < -0.4 is 16.4 Å². The summed E-state index contributed by atoms with van der Waals surface area (Å²) in [5.41, 5.74) is 6.77. The second kappa shape index (κ2) is 9.37. The molecule has 2 aliphatic heterocycles. The molecule has 2 heterocycles. The minimum absolute atomic E-state index is 0.0737. The number of hydrogen-bond donors (Lipinski definition) is 5. The van der Waals surface area contributed by atoms with Crippen molar-refractivity contribution in [2.24, 2.45) is 27.6 Å². The molecule has 0 radical (unpaired) electrons. The topological polar surface area (TPSA) is 184 Å². The first kappa shape index (κ1) is 21.9. The number of aliphatic carboxylic acids is 2. The van der Waals surface area contributed by atoms with Crippen LogP contribution in [0.25, 0.3) is 0 Å². The fraction of sp³-hybridized carbons (Fsp3) is 0.400. The van der Waals surface area contributed by atoms with Gasteiger partial charge in [-0.15, -0.1) is 0 Å². The Morgan fingerprint density at radius 2 is 1.90 bits per heavy atom. The van der Waals surface area contributed by atoms with Crippen LogP contribution in [0.4, 0.5) is 0 Å². The summed E-state index contributed by atoms with van der Waals surface area (Å²) in [5, 5.41) is 22.7. The van der Waals surface area contributed by atoms with E-state index in [4.69, 9.17) is 15.9 Å². The number of nitrogens with two attached hydrogens (primary N) is 1. The van der Waals surface area contributed by atoms with Crippen LogP contribution in [-0.2, 0) is 20.8 Å². The van der Waals surface area contributed by atoms with E-state index in [0.29, 0.717) is 12.8 Å². The molecule has 6 N–H and O–H groups in total. The lowest BCUT2D eigenvalue weighted by atomic mass is 9.87. The van der Waals surface area contributed by atoms with Crippen molar-refractivity contribution in [1.82, 2.24) is 10.6 Å². The first-order valence-electron chi connectivity index (χ1n) is 9.76. The van der Waals surface area contributed by atoms with Crippen LogP contribution in [0.1, 0.15) is 35.2 Å². The molecule has 2 aliphatic rings. The summed E-state index contributed by atoms with van der Waals surface area (Å²) < 4.78 is 0. The van der Waals surface area contributed by atoms with Gasteiger partial charge in [-0.25, -0.2) is 9.79 Å². The highest BCUT2D eigenvalue weighted by molar-refractivity contribution is 6.01. The predicted molar refractivity (Wildman–Crippen MR) is 110 cm³/mol. The van der Waals surface area contributed by atoms with Gasteiger partial charge in [-0.05, 0) is 37.0 Å². The third-order valence-corrected chi connectivity index (χ3v) is 5.27. The van der Waals surface area contributed by atoms with Crippen LogP contribution in [0.2, 0.25) is 0 Å². The Hall–Kier alpha value is -3.76. The van der Waals surface area contributed by atoms with Crippen LogP contribution in [0.5, 0.6) is 0 Å². The molecule has 2 amide bonds. The normalized spacial score (nSPS) is 22.8. The molecule has 11 heteroatoms. The molecule has 3 unspecified atom stereocenters. The van der Waals surface area contributed by atoms with E-state index in [1.165, 1.54) is 0 Å². The number of nitrogens with one attached hydrogen (secondary N) is 2. The lowest BCUT2D eigenvalue weighted by Gasteiger charge is -2.24. The number of carbonyl (C=O) groups excluding carboxylic acids is 2. The van der Waals surface area contributed by atoms with Gasteiger partial charge >= 0.3 is 11.9 Å². The maximum absolute atomic E-state index is 12.3. The van der Waals surface area contributed by atoms with E-state index in [1.807, 2.05) is 0 Å². The average Bonchev–Trinajstić information content (AvgIpc) is 3.12. The Kier molecular flexibility index (Phi) is 6.63. The number of guanidine groups is 1. The maximum atomic E-state index is 12.3. The zero-order valence-corrected chi connectivity index (χ0v) is 16.5. The van der Waals surface area contributed by atoms with Crippen molar-refractivity contribution in [1.29, 1.82) is 0 Å². The third kappa shape index (κ3) is 5.44. The van der Waals surface area contributed by atoms with Gasteiger partial charge < -0.3 is 21.3 Å². The number of carbonyl (C=O) groups is 4. The Morgan fingerprint density at radius 1 is 1.19 bits per heavy atom. The van der Waals surface area contributed by atoms with Crippen LogP contribution in [-0.4, -0.2) is 58.3 Å². The molecule has 11 nitrogen and oxygen atoms in total. The first-order chi connectivity index (χ1) is 14.7. The number of fused-ring (bicyclic) bond motifs is 1. The number of aryl methyl sites for hydroxylation is 1. The third-order valence-electron chi connectivity index (χ3n) is 5.27. The van der Waals surface area contributed by atoms with Gasteiger partial charge in [0.05, 0.1) is 5.92 Å². The van der Waals surface area contributed by atoms with Crippen molar-refractivity contribution in [2.75, 3.05) is 0 Å². The molecule has 1 aromatic rings. The molecule has 0 saturated heterocycles. The number of hydrogen-bond acceptors (Lipinski definition) is 7. The van der Waals surface area contributed by atoms with Gasteiger partial charge in [-0.1, -0.05) is 12.1 Å². The number of carboxylic acids is 2. The first-order valence-corrected chi connectivity index (χ1v) is 9.76. The highest BCUT2D eigenvalue weighted by atomic mass is 16.4. The largest absolute Gasteiger partial charge is 0.481 e. The number of nitrogens with zero attached hydrogens (tertiary/aromatic N) is 2. The van der Waals surface area contributed by atoms with Crippen LogP contribution in [0, 0.1) is 11.8 Å². The molecule has 0 fully saturated rings. The standard InChI is InChI=1S/C20H23N5O6/c21-20-24-16-15(18(29)25-20)12(9-22-16)6-3-10-1-4-11(5-2-10)17(28)23-13(19(30)31)7-8-14(26)27/h1-2,4-5,9,12-13,15-16H,3,6-8H2,(H,23,28)(H,26,27)(H,30,31)(H3,21,24,25,29)/t12?,13-,15?,16?/m0/s1. The van der Waals surface area contributed by atoms with E-state index in [9.17, 15) is 19.2 Å². The van der Waals surface area contributed by atoms with Gasteiger partial charge in [0.1, 0.15) is 6.04 Å². The quantitative estimate of drug-likeness (QED) is 0.358.